The molecule has 3 aromatic rings. The first-order valence-electron chi connectivity index (χ1n) is 8.14. The third kappa shape index (κ3) is 3.10. The van der Waals surface area contributed by atoms with Gasteiger partial charge in [0.1, 0.15) is 17.1 Å². The van der Waals surface area contributed by atoms with Gasteiger partial charge in [0.15, 0.2) is 5.76 Å². The zero-order chi connectivity index (χ0) is 16.4. The fourth-order valence-electron chi connectivity index (χ4n) is 3.13. The standard InChI is InChI=1S/C16H20N6O2/c23-11-12-9-22(20-18-12)13-4-7-21(8-5-13)10-14-1-2-16(24-14)15-3-6-17-19-15/h1-3,6,9,13,23H,4-5,7-8,10-11H2,(H,17,19). The maximum absolute atomic E-state index is 9.09. The highest BCUT2D eigenvalue weighted by molar-refractivity contribution is 5.51. The first kappa shape index (κ1) is 15.1. The van der Waals surface area contributed by atoms with Gasteiger partial charge in [0.25, 0.3) is 0 Å². The number of aliphatic hydroxyl groups is 1. The van der Waals surface area contributed by atoms with Crippen molar-refractivity contribution < 1.29 is 9.52 Å². The minimum atomic E-state index is -0.0595. The van der Waals surface area contributed by atoms with E-state index in [2.05, 4.69) is 25.4 Å². The predicted molar refractivity (Wildman–Crippen MR) is 85.8 cm³/mol. The van der Waals surface area contributed by atoms with Crippen LogP contribution in [0.4, 0.5) is 0 Å². The van der Waals surface area contributed by atoms with Crippen molar-refractivity contribution in [3.8, 4) is 11.5 Å². The molecule has 0 unspecified atom stereocenters. The lowest BCUT2D eigenvalue weighted by molar-refractivity contribution is 0.162. The van der Waals surface area contributed by atoms with E-state index >= 15 is 0 Å². The van der Waals surface area contributed by atoms with E-state index < -0.39 is 0 Å². The molecule has 0 bridgehead atoms. The molecule has 0 saturated carbocycles. The molecule has 126 valence electrons. The summed E-state index contributed by atoms with van der Waals surface area (Å²) in [7, 11) is 0. The molecule has 0 amide bonds. The first-order chi connectivity index (χ1) is 11.8. The summed E-state index contributed by atoms with van der Waals surface area (Å²) in [4.78, 5) is 2.38. The largest absolute Gasteiger partial charge is 0.458 e. The van der Waals surface area contributed by atoms with Gasteiger partial charge in [-0.15, -0.1) is 5.10 Å². The van der Waals surface area contributed by atoms with E-state index in [1.807, 2.05) is 29.1 Å². The van der Waals surface area contributed by atoms with Crippen LogP contribution in [0.2, 0.25) is 0 Å². The second-order valence-corrected chi connectivity index (χ2v) is 6.09. The summed E-state index contributed by atoms with van der Waals surface area (Å²) in [6, 6.07) is 6.24. The zero-order valence-electron chi connectivity index (χ0n) is 13.3. The van der Waals surface area contributed by atoms with Crippen LogP contribution >= 0.6 is 0 Å². The van der Waals surface area contributed by atoms with Crippen molar-refractivity contribution in [1.82, 2.24) is 30.1 Å². The molecule has 0 spiro atoms. The summed E-state index contributed by atoms with van der Waals surface area (Å²) in [6.07, 6.45) is 5.59. The van der Waals surface area contributed by atoms with Crippen LogP contribution in [0.1, 0.15) is 30.3 Å². The number of aromatic nitrogens is 5. The number of furan rings is 1. The summed E-state index contributed by atoms with van der Waals surface area (Å²) >= 11 is 0. The molecule has 24 heavy (non-hydrogen) atoms. The number of rotatable bonds is 5. The number of aromatic amines is 1. The second kappa shape index (κ2) is 6.58. The summed E-state index contributed by atoms with van der Waals surface area (Å²) in [6.45, 7) is 2.72. The number of aliphatic hydroxyl groups excluding tert-OH is 1. The number of nitrogens with one attached hydrogen (secondary N) is 1. The van der Waals surface area contributed by atoms with E-state index in [1.54, 1.807) is 6.20 Å². The Kier molecular flexibility index (Phi) is 4.14. The smallest absolute Gasteiger partial charge is 0.152 e. The minimum Gasteiger partial charge on any atom is -0.458 e. The van der Waals surface area contributed by atoms with Gasteiger partial charge in [-0.25, -0.2) is 4.68 Å². The lowest BCUT2D eigenvalue weighted by Gasteiger charge is -2.31. The van der Waals surface area contributed by atoms with Crippen molar-refractivity contribution in [2.45, 2.75) is 32.0 Å². The topological polar surface area (TPSA) is 96.0 Å². The van der Waals surface area contributed by atoms with Crippen LogP contribution in [-0.4, -0.2) is 48.3 Å². The molecule has 1 fully saturated rings. The molecule has 8 heteroatoms. The molecule has 1 aliphatic heterocycles. The number of piperidine rings is 1. The Balaban J connectivity index is 1.33. The maximum Gasteiger partial charge on any atom is 0.152 e. The van der Waals surface area contributed by atoms with Gasteiger partial charge in [-0.2, -0.15) is 5.10 Å². The molecule has 1 aliphatic rings. The van der Waals surface area contributed by atoms with Gasteiger partial charge in [-0.1, -0.05) is 5.21 Å². The molecule has 8 nitrogen and oxygen atoms in total. The summed E-state index contributed by atoms with van der Waals surface area (Å²) < 4.78 is 7.77. The van der Waals surface area contributed by atoms with Crippen molar-refractivity contribution >= 4 is 0 Å². The van der Waals surface area contributed by atoms with Crippen molar-refractivity contribution in [3.05, 3.63) is 42.0 Å². The predicted octanol–water partition coefficient (Wildman–Crippen LogP) is 1.59. The highest BCUT2D eigenvalue weighted by atomic mass is 16.3. The third-order valence-electron chi connectivity index (χ3n) is 4.46. The molecule has 2 N–H and O–H groups in total. The van der Waals surface area contributed by atoms with Crippen molar-refractivity contribution in [1.29, 1.82) is 0 Å². The Labute approximate surface area is 139 Å². The minimum absolute atomic E-state index is 0.0595. The average Bonchev–Trinajstić information content (AvgIpc) is 3.36. The van der Waals surface area contributed by atoms with E-state index in [9.17, 15) is 0 Å². The fourth-order valence-corrected chi connectivity index (χ4v) is 3.13. The Morgan fingerprint density at radius 2 is 2.12 bits per heavy atom. The van der Waals surface area contributed by atoms with Crippen molar-refractivity contribution in [2.75, 3.05) is 13.1 Å². The van der Waals surface area contributed by atoms with E-state index in [1.165, 1.54) is 0 Å². The maximum atomic E-state index is 9.09. The fraction of sp³-hybridized carbons (Fsp3) is 0.438. The Morgan fingerprint density at radius 1 is 1.25 bits per heavy atom. The molecule has 0 aromatic carbocycles. The van der Waals surface area contributed by atoms with Gasteiger partial charge < -0.3 is 9.52 Å². The number of hydrogen-bond acceptors (Lipinski definition) is 6. The molecular weight excluding hydrogens is 308 g/mol. The Hall–Kier alpha value is -2.45. The summed E-state index contributed by atoms with van der Waals surface area (Å²) in [5, 5.41) is 24.0. The molecule has 0 aliphatic carbocycles. The second-order valence-electron chi connectivity index (χ2n) is 6.09. The quantitative estimate of drug-likeness (QED) is 0.738. The van der Waals surface area contributed by atoms with Crippen LogP contribution in [0.5, 0.6) is 0 Å². The number of H-pyrrole nitrogens is 1. The van der Waals surface area contributed by atoms with Crippen LogP contribution in [0.15, 0.2) is 35.0 Å². The number of nitrogens with zero attached hydrogens (tertiary/aromatic N) is 5. The van der Waals surface area contributed by atoms with E-state index in [-0.39, 0.29) is 6.61 Å². The van der Waals surface area contributed by atoms with Gasteiger partial charge in [0.05, 0.1) is 25.4 Å². The van der Waals surface area contributed by atoms with Crippen molar-refractivity contribution in [2.24, 2.45) is 0 Å². The van der Waals surface area contributed by atoms with Crippen LogP contribution < -0.4 is 0 Å². The summed E-state index contributed by atoms with van der Waals surface area (Å²) in [5.41, 5.74) is 1.52. The van der Waals surface area contributed by atoms with Crippen LogP contribution in [0.3, 0.4) is 0 Å². The molecule has 3 aromatic heterocycles. The van der Waals surface area contributed by atoms with Gasteiger partial charge in [0, 0.05) is 19.3 Å². The number of likely N-dealkylation sites (tertiary alicyclic amines) is 1. The molecule has 0 atom stereocenters. The van der Waals surface area contributed by atoms with Gasteiger partial charge in [-0.3, -0.25) is 10.00 Å². The Morgan fingerprint density at radius 3 is 2.83 bits per heavy atom. The lowest BCUT2D eigenvalue weighted by Crippen LogP contribution is -2.34. The van der Waals surface area contributed by atoms with Gasteiger partial charge in [0.2, 0.25) is 0 Å². The zero-order valence-corrected chi connectivity index (χ0v) is 13.3. The highest BCUT2D eigenvalue weighted by Gasteiger charge is 2.22. The SMILES string of the molecule is OCc1cn(C2CCN(Cc3ccc(-c4ccn[nH]4)o3)CC2)nn1. The number of hydrogen-bond donors (Lipinski definition) is 2. The van der Waals surface area contributed by atoms with Crippen LogP contribution in [-0.2, 0) is 13.2 Å². The van der Waals surface area contributed by atoms with E-state index in [4.69, 9.17) is 9.52 Å². The van der Waals surface area contributed by atoms with E-state index in [0.29, 0.717) is 11.7 Å². The van der Waals surface area contributed by atoms with Crippen LogP contribution in [0, 0.1) is 0 Å². The first-order valence-corrected chi connectivity index (χ1v) is 8.14. The molecule has 4 rings (SSSR count). The Bertz CT molecular complexity index is 770. The third-order valence-corrected chi connectivity index (χ3v) is 4.46. The lowest BCUT2D eigenvalue weighted by atomic mass is 10.1. The highest BCUT2D eigenvalue weighted by Crippen LogP contribution is 2.25. The van der Waals surface area contributed by atoms with Crippen LogP contribution in [0.25, 0.3) is 11.5 Å². The van der Waals surface area contributed by atoms with Crippen molar-refractivity contribution in [3.63, 3.8) is 0 Å². The van der Waals surface area contributed by atoms with Gasteiger partial charge in [-0.05, 0) is 31.0 Å². The monoisotopic (exact) mass is 328 g/mol. The summed E-state index contributed by atoms with van der Waals surface area (Å²) in [5.74, 6) is 1.78. The molecular formula is C16H20N6O2. The van der Waals surface area contributed by atoms with Gasteiger partial charge >= 0.3 is 0 Å². The normalized spacial score (nSPS) is 16.7. The van der Waals surface area contributed by atoms with E-state index in [0.717, 1.165) is 49.7 Å². The molecule has 0 radical (unpaired) electrons. The molecule has 1 saturated heterocycles. The molecule has 4 heterocycles. The average molecular weight is 328 g/mol.